The number of amides is 3. The van der Waals surface area contributed by atoms with Crippen molar-refractivity contribution in [3.8, 4) is 0 Å². The van der Waals surface area contributed by atoms with Crippen molar-refractivity contribution in [2.24, 2.45) is 0 Å². The third-order valence-corrected chi connectivity index (χ3v) is 4.35. The van der Waals surface area contributed by atoms with Crippen LogP contribution in [0.1, 0.15) is 31.4 Å². The molecule has 0 radical (unpaired) electrons. The van der Waals surface area contributed by atoms with Gasteiger partial charge in [0.25, 0.3) is 5.91 Å². The van der Waals surface area contributed by atoms with Crippen molar-refractivity contribution < 1.29 is 9.59 Å². The van der Waals surface area contributed by atoms with Crippen LogP contribution in [0.2, 0.25) is 0 Å². The Kier molecular flexibility index (Phi) is 3.88. The highest BCUT2D eigenvalue weighted by Gasteiger charge is 2.42. The van der Waals surface area contributed by atoms with Gasteiger partial charge in [0.2, 0.25) is 0 Å². The van der Waals surface area contributed by atoms with Gasteiger partial charge in [0.05, 0.1) is 23.9 Å². The minimum atomic E-state index is -0.348. The maximum atomic E-state index is 12.8. The number of nitrogens with one attached hydrogen (secondary N) is 1. The number of carbonyl (C=O) groups excluding carboxylic acids is 2. The molecule has 0 bridgehead atoms. The molecule has 1 atom stereocenters. The summed E-state index contributed by atoms with van der Waals surface area (Å²) in [5.41, 5.74) is 2.49. The number of likely N-dealkylation sites (N-methyl/N-ethyl adjacent to an activating group) is 1. The van der Waals surface area contributed by atoms with Gasteiger partial charge in [0.1, 0.15) is 0 Å². The van der Waals surface area contributed by atoms with E-state index in [-0.39, 0.29) is 18.0 Å². The monoisotopic (exact) mass is 299 g/mol. The Bertz CT molecular complexity index is 624. The fraction of sp³-hybridized carbons (Fsp3) is 0.412. The first-order valence-corrected chi connectivity index (χ1v) is 7.75. The highest BCUT2D eigenvalue weighted by atomic mass is 16.2. The second-order valence-electron chi connectivity index (χ2n) is 5.79. The van der Waals surface area contributed by atoms with Crippen molar-refractivity contribution in [1.82, 2.24) is 15.1 Å². The average molecular weight is 299 g/mol. The van der Waals surface area contributed by atoms with Gasteiger partial charge >= 0.3 is 6.03 Å². The molecular weight excluding hydrogens is 278 g/mol. The minimum absolute atomic E-state index is 0.0455. The van der Waals surface area contributed by atoms with Crippen molar-refractivity contribution in [3.05, 3.63) is 47.2 Å². The third-order valence-electron chi connectivity index (χ3n) is 4.35. The molecule has 0 unspecified atom stereocenters. The second kappa shape index (κ2) is 5.83. The van der Waals surface area contributed by atoms with E-state index >= 15 is 0 Å². The van der Waals surface area contributed by atoms with E-state index in [0.29, 0.717) is 12.1 Å². The van der Waals surface area contributed by atoms with E-state index in [0.717, 1.165) is 30.6 Å². The highest BCUT2D eigenvalue weighted by Crippen LogP contribution is 2.35. The lowest BCUT2D eigenvalue weighted by Crippen LogP contribution is -2.45. The van der Waals surface area contributed by atoms with Crippen LogP contribution in [0.25, 0.3) is 0 Å². The largest absolute Gasteiger partial charge is 0.333 e. The molecule has 0 saturated carbocycles. The number of urea groups is 1. The fourth-order valence-electron chi connectivity index (χ4n) is 3.05. The molecule has 0 fully saturated rings. The van der Waals surface area contributed by atoms with Gasteiger partial charge in [-0.05, 0) is 12.0 Å². The quantitative estimate of drug-likeness (QED) is 0.927. The molecule has 0 spiro atoms. The molecule has 5 heteroatoms. The van der Waals surface area contributed by atoms with E-state index < -0.39 is 0 Å². The normalized spacial score (nSPS) is 21.3. The topological polar surface area (TPSA) is 52.7 Å². The van der Waals surface area contributed by atoms with Gasteiger partial charge in [-0.15, -0.1) is 0 Å². The van der Waals surface area contributed by atoms with Crippen molar-refractivity contribution >= 4 is 11.9 Å². The Hall–Kier alpha value is -2.30. The lowest BCUT2D eigenvalue weighted by atomic mass is 9.96. The number of rotatable bonds is 4. The summed E-state index contributed by atoms with van der Waals surface area (Å²) in [5, 5.41) is 2.94. The minimum Gasteiger partial charge on any atom is -0.333 e. The van der Waals surface area contributed by atoms with Crippen LogP contribution in [-0.4, -0.2) is 41.9 Å². The van der Waals surface area contributed by atoms with E-state index in [2.05, 4.69) is 12.2 Å². The van der Waals surface area contributed by atoms with Gasteiger partial charge < -0.3 is 10.2 Å². The van der Waals surface area contributed by atoms with E-state index in [1.54, 1.807) is 11.9 Å². The molecule has 5 nitrogen and oxygen atoms in total. The molecule has 2 aliphatic rings. The number of hydrogen-bond acceptors (Lipinski definition) is 2. The van der Waals surface area contributed by atoms with Gasteiger partial charge in [-0.3, -0.25) is 9.69 Å². The van der Waals surface area contributed by atoms with Crippen LogP contribution in [0, 0.1) is 0 Å². The van der Waals surface area contributed by atoms with Crippen LogP contribution in [-0.2, 0) is 4.79 Å². The van der Waals surface area contributed by atoms with Crippen LogP contribution in [0.15, 0.2) is 41.6 Å². The Morgan fingerprint density at radius 2 is 1.95 bits per heavy atom. The van der Waals surface area contributed by atoms with Crippen molar-refractivity contribution in [1.29, 1.82) is 0 Å². The van der Waals surface area contributed by atoms with E-state index in [1.165, 1.54) is 0 Å². The highest BCUT2D eigenvalue weighted by molar-refractivity contribution is 6.01. The van der Waals surface area contributed by atoms with Gasteiger partial charge in [0.15, 0.2) is 0 Å². The van der Waals surface area contributed by atoms with Crippen LogP contribution < -0.4 is 5.32 Å². The molecule has 0 aliphatic carbocycles. The summed E-state index contributed by atoms with van der Waals surface area (Å²) in [6.07, 6.45) is 2.02. The number of nitrogens with zero attached hydrogens (tertiary/aromatic N) is 2. The zero-order chi connectivity index (χ0) is 15.7. The Morgan fingerprint density at radius 1 is 1.23 bits per heavy atom. The summed E-state index contributed by atoms with van der Waals surface area (Å²) in [5.74, 6) is 0.0455. The van der Waals surface area contributed by atoms with E-state index in [4.69, 9.17) is 0 Å². The van der Waals surface area contributed by atoms with Gasteiger partial charge in [-0.25, -0.2) is 4.79 Å². The average Bonchev–Trinajstić information content (AvgIpc) is 2.87. The molecular formula is C17H21N3O2. The standard InChI is InChI=1S/C17H21N3O2/c1-3-4-10-20-11-13-14(16(20)21)15(18-17(22)19(13)2)12-8-6-5-7-9-12/h5-9,15H,3-4,10-11H2,1-2H3,(H,18,22)/t15-/m1/s1. The molecule has 1 N–H and O–H groups in total. The third kappa shape index (κ3) is 2.36. The summed E-state index contributed by atoms with van der Waals surface area (Å²) in [6, 6.07) is 9.17. The van der Waals surface area contributed by atoms with Gasteiger partial charge in [-0.2, -0.15) is 0 Å². The molecule has 0 saturated heterocycles. The number of carbonyl (C=O) groups is 2. The number of benzene rings is 1. The second-order valence-corrected chi connectivity index (χ2v) is 5.79. The smallest absolute Gasteiger partial charge is 0.322 e. The lowest BCUT2D eigenvalue weighted by Gasteiger charge is -2.31. The predicted octanol–water partition coefficient (Wildman–Crippen LogP) is 2.28. The van der Waals surface area contributed by atoms with Gasteiger partial charge in [0, 0.05) is 13.6 Å². The summed E-state index contributed by atoms with van der Waals surface area (Å²) in [7, 11) is 1.72. The van der Waals surface area contributed by atoms with Crippen LogP contribution in [0.3, 0.4) is 0 Å². The molecule has 1 aromatic carbocycles. The van der Waals surface area contributed by atoms with Crippen LogP contribution in [0.4, 0.5) is 4.79 Å². The first-order valence-electron chi connectivity index (χ1n) is 7.75. The molecule has 1 aromatic rings. The van der Waals surface area contributed by atoms with E-state index in [1.807, 2.05) is 35.2 Å². The summed E-state index contributed by atoms with van der Waals surface area (Å²) in [4.78, 5) is 28.4. The van der Waals surface area contributed by atoms with Crippen molar-refractivity contribution in [2.45, 2.75) is 25.8 Å². The summed E-state index contributed by atoms with van der Waals surface area (Å²) < 4.78 is 0. The molecule has 2 aliphatic heterocycles. The maximum absolute atomic E-state index is 12.8. The van der Waals surface area contributed by atoms with Crippen molar-refractivity contribution in [3.63, 3.8) is 0 Å². The van der Waals surface area contributed by atoms with Crippen molar-refractivity contribution in [2.75, 3.05) is 20.1 Å². The zero-order valence-electron chi connectivity index (χ0n) is 13.0. The molecule has 116 valence electrons. The predicted molar refractivity (Wildman–Crippen MR) is 84.0 cm³/mol. The zero-order valence-corrected chi connectivity index (χ0v) is 13.0. The molecule has 2 heterocycles. The molecule has 0 aromatic heterocycles. The maximum Gasteiger partial charge on any atom is 0.322 e. The Morgan fingerprint density at radius 3 is 2.64 bits per heavy atom. The number of hydrogen-bond donors (Lipinski definition) is 1. The summed E-state index contributed by atoms with van der Waals surface area (Å²) in [6.45, 7) is 3.38. The molecule has 3 rings (SSSR count). The first-order chi connectivity index (χ1) is 10.6. The fourth-order valence-corrected chi connectivity index (χ4v) is 3.05. The summed E-state index contributed by atoms with van der Waals surface area (Å²) >= 11 is 0. The SMILES string of the molecule is CCCCN1CC2=C(C1=O)[C@@H](c1ccccc1)NC(=O)N2C. The first kappa shape index (κ1) is 14.6. The van der Waals surface area contributed by atoms with E-state index in [9.17, 15) is 9.59 Å². The Labute approximate surface area is 130 Å². The lowest BCUT2D eigenvalue weighted by molar-refractivity contribution is -0.125. The van der Waals surface area contributed by atoms with Crippen LogP contribution >= 0.6 is 0 Å². The number of unbranched alkanes of at least 4 members (excludes halogenated alkanes) is 1. The molecule has 3 amide bonds. The van der Waals surface area contributed by atoms with Crippen LogP contribution in [0.5, 0.6) is 0 Å². The molecule has 22 heavy (non-hydrogen) atoms. The Balaban J connectivity index is 1.96. The van der Waals surface area contributed by atoms with Gasteiger partial charge in [-0.1, -0.05) is 43.7 Å².